The molecule has 0 aliphatic carbocycles. The average molecular weight is 230 g/mol. The van der Waals surface area contributed by atoms with Crippen LogP contribution in [-0.4, -0.2) is 12.0 Å². The zero-order valence-electron chi connectivity index (χ0n) is 10.00. The van der Waals surface area contributed by atoms with Crippen molar-refractivity contribution in [2.24, 2.45) is 0 Å². The summed E-state index contributed by atoms with van der Waals surface area (Å²) in [5.74, 6) is -0.209. The lowest BCUT2D eigenvalue weighted by molar-refractivity contribution is 0.624. The van der Waals surface area contributed by atoms with E-state index in [1.165, 1.54) is 6.07 Å². The van der Waals surface area contributed by atoms with Gasteiger partial charge in [0.2, 0.25) is 0 Å². The molecule has 0 saturated carbocycles. The van der Waals surface area contributed by atoms with Crippen molar-refractivity contribution in [3.8, 4) is 11.1 Å². The van der Waals surface area contributed by atoms with Gasteiger partial charge in [0.25, 0.3) is 0 Å². The molecule has 88 valence electrons. The summed E-state index contributed by atoms with van der Waals surface area (Å²) in [6.07, 6.45) is 3.62. The van der Waals surface area contributed by atoms with Crippen molar-refractivity contribution >= 4 is 0 Å². The van der Waals surface area contributed by atoms with E-state index in [0.717, 1.165) is 22.3 Å². The summed E-state index contributed by atoms with van der Waals surface area (Å²) in [6, 6.07) is 6.91. The van der Waals surface area contributed by atoms with E-state index in [0.29, 0.717) is 6.54 Å². The summed E-state index contributed by atoms with van der Waals surface area (Å²) in [7, 11) is 1.85. The van der Waals surface area contributed by atoms with Crippen LogP contribution in [0.25, 0.3) is 11.1 Å². The number of halogens is 1. The summed E-state index contributed by atoms with van der Waals surface area (Å²) in [6.45, 7) is 2.64. The van der Waals surface area contributed by atoms with Gasteiger partial charge < -0.3 is 5.32 Å². The van der Waals surface area contributed by atoms with Gasteiger partial charge >= 0.3 is 0 Å². The Balaban J connectivity index is 2.50. The molecule has 0 amide bonds. The minimum absolute atomic E-state index is 0.209. The van der Waals surface area contributed by atoms with Crippen LogP contribution in [0, 0.1) is 12.7 Å². The van der Waals surface area contributed by atoms with Crippen LogP contribution in [0.1, 0.15) is 11.1 Å². The van der Waals surface area contributed by atoms with Gasteiger partial charge in [-0.05, 0) is 48.9 Å². The zero-order chi connectivity index (χ0) is 12.3. The van der Waals surface area contributed by atoms with Gasteiger partial charge in [-0.2, -0.15) is 0 Å². The number of hydrogen-bond donors (Lipinski definition) is 1. The summed E-state index contributed by atoms with van der Waals surface area (Å²) in [5, 5.41) is 3.05. The van der Waals surface area contributed by atoms with E-state index in [-0.39, 0.29) is 5.82 Å². The van der Waals surface area contributed by atoms with Gasteiger partial charge in [0.15, 0.2) is 0 Å². The van der Waals surface area contributed by atoms with Gasteiger partial charge in [-0.25, -0.2) is 4.39 Å². The second-order valence-electron chi connectivity index (χ2n) is 4.08. The van der Waals surface area contributed by atoms with Crippen molar-refractivity contribution < 1.29 is 4.39 Å². The molecule has 0 bridgehead atoms. The van der Waals surface area contributed by atoms with Gasteiger partial charge in [-0.1, -0.05) is 6.07 Å². The first-order chi connectivity index (χ1) is 8.20. The Labute approximate surface area is 101 Å². The second-order valence-corrected chi connectivity index (χ2v) is 4.08. The van der Waals surface area contributed by atoms with Crippen LogP contribution < -0.4 is 5.32 Å². The first kappa shape index (κ1) is 11.7. The van der Waals surface area contributed by atoms with Crippen LogP contribution in [0.15, 0.2) is 36.7 Å². The lowest BCUT2D eigenvalue weighted by Crippen LogP contribution is -2.06. The molecular weight excluding hydrogens is 215 g/mol. The molecule has 2 aromatic rings. The van der Waals surface area contributed by atoms with Crippen molar-refractivity contribution in [2.75, 3.05) is 7.05 Å². The quantitative estimate of drug-likeness (QED) is 0.877. The standard InChI is InChI=1S/C14H15FN2/c1-10-5-11(9-17-7-10)14-4-3-13(15)6-12(14)8-16-2/h3-7,9,16H,8H2,1-2H3. The van der Waals surface area contributed by atoms with Crippen LogP contribution in [0.5, 0.6) is 0 Å². The van der Waals surface area contributed by atoms with Crippen LogP contribution in [0.4, 0.5) is 4.39 Å². The third kappa shape index (κ3) is 2.68. The highest BCUT2D eigenvalue weighted by Crippen LogP contribution is 2.24. The fourth-order valence-corrected chi connectivity index (χ4v) is 1.88. The molecule has 0 aliphatic heterocycles. The molecule has 2 rings (SSSR count). The molecule has 0 fully saturated rings. The molecule has 1 heterocycles. The highest BCUT2D eigenvalue weighted by atomic mass is 19.1. The Morgan fingerprint density at radius 2 is 2.06 bits per heavy atom. The van der Waals surface area contributed by atoms with Crippen molar-refractivity contribution in [3.63, 3.8) is 0 Å². The van der Waals surface area contributed by atoms with Crippen LogP contribution in [0.2, 0.25) is 0 Å². The van der Waals surface area contributed by atoms with Crippen LogP contribution in [-0.2, 0) is 6.54 Å². The maximum atomic E-state index is 13.2. The Morgan fingerprint density at radius 3 is 2.76 bits per heavy atom. The molecule has 17 heavy (non-hydrogen) atoms. The molecule has 1 aromatic heterocycles. The lowest BCUT2D eigenvalue weighted by atomic mass is 10.00. The van der Waals surface area contributed by atoms with Crippen LogP contribution in [0.3, 0.4) is 0 Å². The molecule has 3 heteroatoms. The highest BCUT2D eigenvalue weighted by molar-refractivity contribution is 5.67. The highest BCUT2D eigenvalue weighted by Gasteiger charge is 2.06. The first-order valence-corrected chi connectivity index (χ1v) is 5.56. The van der Waals surface area contributed by atoms with Crippen molar-refractivity contribution in [1.82, 2.24) is 10.3 Å². The van der Waals surface area contributed by atoms with Gasteiger partial charge in [0.1, 0.15) is 5.82 Å². The lowest BCUT2D eigenvalue weighted by Gasteiger charge is -2.09. The van der Waals surface area contributed by atoms with E-state index in [9.17, 15) is 4.39 Å². The van der Waals surface area contributed by atoms with E-state index < -0.39 is 0 Å². The first-order valence-electron chi connectivity index (χ1n) is 5.56. The third-order valence-corrected chi connectivity index (χ3v) is 2.62. The summed E-state index contributed by atoms with van der Waals surface area (Å²) in [5.41, 5.74) is 4.09. The predicted octanol–water partition coefficient (Wildman–Crippen LogP) is 2.92. The Morgan fingerprint density at radius 1 is 1.24 bits per heavy atom. The van der Waals surface area contributed by atoms with E-state index >= 15 is 0 Å². The van der Waals surface area contributed by atoms with E-state index in [1.807, 2.05) is 20.2 Å². The minimum Gasteiger partial charge on any atom is -0.316 e. The molecule has 0 atom stereocenters. The predicted molar refractivity (Wildman–Crippen MR) is 67.1 cm³/mol. The number of aryl methyl sites for hydroxylation is 1. The number of rotatable bonds is 3. The minimum atomic E-state index is -0.209. The van der Waals surface area contributed by atoms with Gasteiger partial charge in [0.05, 0.1) is 0 Å². The molecule has 0 unspecified atom stereocenters. The monoisotopic (exact) mass is 230 g/mol. The summed E-state index contributed by atoms with van der Waals surface area (Å²) < 4.78 is 13.2. The Kier molecular flexibility index (Phi) is 3.49. The van der Waals surface area contributed by atoms with Crippen molar-refractivity contribution in [1.29, 1.82) is 0 Å². The zero-order valence-corrected chi connectivity index (χ0v) is 10.00. The Hall–Kier alpha value is -1.74. The third-order valence-electron chi connectivity index (χ3n) is 2.62. The largest absolute Gasteiger partial charge is 0.316 e. The fraction of sp³-hybridized carbons (Fsp3) is 0.214. The summed E-state index contributed by atoms with van der Waals surface area (Å²) in [4.78, 5) is 4.17. The topological polar surface area (TPSA) is 24.9 Å². The van der Waals surface area contributed by atoms with E-state index in [4.69, 9.17) is 0 Å². The molecular formula is C14H15FN2. The van der Waals surface area contributed by atoms with E-state index in [2.05, 4.69) is 16.4 Å². The molecule has 0 radical (unpaired) electrons. The molecule has 2 nitrogen and oxygen atoms in total. The number of hydrogen-bond acceptors (Lipinski definition) is 2. The summed E-state index contributed by atoms with van der Waals surface area (Å²) >= 11 is 0. The Bertz CT molecular complexity index is 523. The van der Waals surface area contributed by atoms with E-state index in [1.54, 1.807) is 18.3 Å². The SMILES string of the molecule is CNCc1cc(F)ccc1-c1cncc(C)c1. The van der Waals surface area contributed by atoms with Crippen LogP contribution >= 0.6 is 0 Å². The van der Waals surface area contributed by atoms with Gasteiger partial charge in [-0.3, -0.25) is 4.98 Å². The number of pyridine rings is 1. The molecule has 0 spiro atoms. The maximum absolute atomic E-state index is 13.2. The number of aromatic nitrogens is 1. The maximum Gasteiger partial charge on any atom is 0.123 e. The molecule has 0 aliphatic rings. The second kappa shape index (κ2) is 5.06. The molecule has 1 N–H and O–H groups in total. The van der Waals surface area contributed by atoms with Crippen molar-refractivity contribution in [2.45, 2.75) is 13.5 Å². The smallest absolute Gasteiger partial charge is 0.123 e. The number of benzene rings is 1. The fourth-order valence-electron chi connectivity index (χ4n) is 1.88. The normalized spacial score (nSPS) is 10.5. The van der Waals surface area contributed by atoms with Crippen molar-refractivity contribution in [3.05, 3.63) is 53.6 Å². The molecule has 0 saturated heterocycles. The van der Waals surface area contributed by atoms with Gasteiger partial charge in [-0.15, -0.1) is 0 Å². The van der Waals surface area contributed by atoms with Gasteiger partial charge in [0, 0.05) is 24.5 Å². The number of nitrogens with zero attached hydrogens (tertiary/aromatic N) is 1. The molecule has 1 aromatic carbocycles. The average Bonchev–Trinajstić information content (AvgIpc) is 2.29. The number of nitrogens with one attached hydrogen (secondary N) is 1.